The summed E-state index contributed by atoms with van der Waals surface area (Å²) in [6.45, 7) is 4.24. The van der Waals surface area contributed by atoms with Gasteiger partial charge in [-0.05, 0) is 36.6 Å². The Bertz CT molecular complexity index is 502. The highest BCUT2D eigenvalue weighted by Crippen LogP contribution is 2.30. The van der Waals surface area contributed by atoms with E-state index in [2.05, 4.69) is 18.8 Å². The standard InChI is InChI=1S/C13H17ClN2/c1-3-10(15)13-9-7-8(14)5-6-12(9)16-11(13)4-2/h5-7,10,16H,3-4,15H2,1-2H3. The van der Waals surface area contributed by atoms with E-state index in [1.165, 1.54) is 16.6 Å². The van der Waals surface area contributed by atoms with E-state index in [-0.39, 0.29) is 6.04 Å². The van der Waals surface area contributed by atoms with Crippen LogP contribution in [0.15, 0.2) is 18.2 Å². The zero-order valence-corrected chi connectivity index (χ0v) is 10.4. The lowest BCUT2D eigenvalue weighted by Crippen LogP contribution is -2.10. The minimum absolute atomic E-state index is 0.0853. The highest BCUT2D eigenvalue weighted by Gasteiger charge is 2.15. The van der Waals surface area contributed by atoms with Gasteiger partial charge in [-0.3, -0.25) is 0 Å². The molecule has 0 aliphatic heterocycles. The van der Waals surface area contributed by atoms with Crippen LogP contribution in [-0.2, 0) is 6.42 Å². The number of hydrogen-bond acceptors (Lipinski definition) is 1. The molecule has 1 aromatic heterocycles. The molecule has 2 aromatic rings. The van der Waals surface area contributed by atoms with Crippen LogP contribution in [0.25, 0.3) is 10.9 Å². The lowest BCUT2D eigenvalue weighted by molar-refractivity contribution is 0.694. The second-order valence-electron chi connectivity index (χ2n) is 4.08. The SMILES string of the molecule is CCc1[nH]c2ccc(Cl)cc2c1C(N)CC. The number of hydrogen-bond donors (Lipinski definition) is 2. The molecule has 0 aliphatic rings. The fourth-order valence-electron chi connectivity index (χ4n) is 2.15. The lowest BCUT2D eigenvalue weighted by atomic mass is 10.0. The number of aromatic amines is 1. The number of nitrogens with one attached hydrogen (secondary N) is 1. The van der Waals surface area contributed by atoms with E-state index in [9.17, 15) is 0 Å². The molecule has 86 valence electrons. The molecule has 0 radical (unpaired) electrons. The molecule has 1 heterocycles. The number of nitrogens with two attached hydrogens (primary N) is 1. The van der Waals surface area contributed by atoms with Gasteiger partial charge in [0.25, 0.3) is 0 Å². The van der Waals surface area contributed by atoms with Gasteiger partial charge in [-0.25, -0.2) is 0 Å². The molecular formula is C13H17ClN2. The van der Waals surface area contributed by atoms with Crippen molar-refractivity contribution in [2.24, 2.45) is 5.73 Å². The number of aromatic nitrogens is 1. The van der Waals surface area contributed by atoms with Crippen LogP contribution in [0.1, 0.15) is 37.6 Å². The summed E-state index contributed by atoms with van der Waals surface area (Å²) in [6, 6.07) is 6.00. The molecule has 1 unspecified atom stereocenters. The Morgan fingerprint density at radius 2 is 2.12 bits per heavy atom. The Balaban J connectivity index is 2.70. The average molecular weight is 237 g/mol. The molecule has 0 amide bonds. The first-order valence-electron chi connectivity index (χ1n) is 5.73. The molecule has 0 fully saturated rings. The lowest BCUT2D eigenvalue weighted by Gasteiger charge is -2.10. The Morgan fingerprint density at radius 3 is 2.75 bits per heavy atom. The molecule has 2 nitrogen and oxygen atoms in total. The molecule has 2 rings (SSSR count). The first-order chi connectivity index (χ1) is 7.67. The second-order valence-corrected chi connectivity index (χ2v) is 4.51. The molecule has 1 aromatic carbocycles. The van der Waals surface area contributed by atoms with E-state index in [1.807, 2.05) is 18.2 Å². The number of H-pyrrole nitrogens is 1. The minimum Gasteiger partial charge on any atom is -0.358 e. The van der Waals surface area contributed by atoms with Gasteiger partial charge in [0.2, 0.25) is 0 Å². The minimum atomic E-state index is 0.0853. The molecule has 0 saturated heterocycles. The fourth-order valence-corrected chi connectivity index (χ4v) is 2.32. The summed E-state index contributed by atoms with van der Waals surface area (Å²) in [5.74, 6) is 0. The maximum Gasteiger partial charge on any atom is 0.0460 e. The first-order valence-corrected chi connectivity index (χ1v) is 6.10. The van der Waals surface area contributed by atoms with Gasteiger partial charge >= 0.3 is 0 Å². The van der Waals surface area contributed by atoms with Gasteiger partial charge in [-0.2, -0.15) is 0 Å². The summed E-state index contributed by atoms with van der Waals surface area (Å²) in [7, 11) is 0. The van der Waals surface area contributed by atoms with E-state index in [0.717, 1.165) is 23.4 Å². The molecule has 16 heavy (non-hydrogen) atoms. The number of benzene rings is 1. The Kier molecular flexibility index (Phi) is 3.22. The smallest absolute Gasteiger partial charge is 0.0460 e. The Hall–Kier alpha value is -0.990. The number of rotatable bonds is 3. The van der Waals surface area contributed by atoms with Gasteiger partial charge in [0.15, 0.2) is 0 Å². The van der Waals surface area contributed by atoms with E-state index >= 15 is 0 Å². The van der Waals surface area contributed by atoms with Gasteiger partial charge < -0.3 is 10.7 Å². The van der Waals surface area contributed by atoms with Gasteiger partial charge in [0.1, 0.15) is 0 Å². The van der Waals surface area contributed by atoms with Crippen molar-refractivity contribution in [3.63, 3.8) is 0 Å². The number of halogens is 1. The van der Waals surface area contributed by atoms with Crippen molar-refractivity contribution in [3.8, 4) is 0 Å². The first kappa shape index (κ1) is 11.5. The molecule has 3 heteroatoms. The van der Waals surface area contributed by atoms with Gasteiger partial charge in [-0.15, -0.1) is 0 Å². The van der Waals surface area contributed by atoms with Gasteiger partial charge in [0, 0.05) is 27.7 Å². The second kappa shape index (κ2) is 4.48. The molecule has 0 aliphatic carbocycles. The van der Waals surface area contributed by atoms with Crippen LogP contribution in [0.2, 0.25) is 5.02 Å². The highest BCUT2D eigenvalue weighted by molar-refractivity contribution is 6.31. The molecule has 0 bridgehead atoms. The third kappa shape index (κ3) is 1.83. The predicted molar refractivity (Wildman–Crippen MR) is 69.9 cm³/mol. The zero-order valence-electron chi connectivity index (χ0n) is 9.68. The maximum absolute atomic E-state index is 6.17. The highest BCUT2D eigenvalue weighted by atomic mass is 35.5. The van der Waals surface area contributed by atoms with Crippen LogP contribution in [0.5, 0.6) is 0 Å². The van der Waals surface area contributed by atoms with Crippen molar-refractivity contribution in [2.75, 3.05) is 0 Å². The maximum atomic E-state index is 6.17. The van der Waals surface area contributed by atoms with Crippen LogP contribution in [0.3, 0.4) is 0 Å². The van der Waals surface area contributed by atoms with E-state index in [0.29, 0.717) is 0 Å². The van der Waals surface area contributed by atoms with Crippen molar-refractivity contribution in [1.29, 1.82) is 0 Å². The normalized spacial score (nSPS) is 13.2. The summed E-state index contributed by atoms with van der Waals surface area (Å²) in [4.78, 5) is 3.42. The fraction of sp³-hybridized carbons (Fsp3) is 0.385. The zero-order chi connectivity index (χ0) is 11.7. The van der Waals surface area contributed by atoms with Gasteiger partial charge in [0.05, 0.1) is 0 Å². The number of fused-ring (bicyclic) bond motifs is 1. The van der Waals surface area contributed by atoms with Crippen LogP contribution in [0, 0.1) is 0 Å². The number of aryl methyl sites for hydroxylation is 1. The van der Waals surface area contributed by atoms with E-state index in [4.69, 9.17) is 17.3 Å². The Labute approximate surface area is 101 Å². The largest absolute Gasteiger partial charge is 0.358 e. The molecular weight excluding hydrogens is 220 g/mol. The third-order valence-electron chi connectivity index (χ3n) is 3.05. The van der Waals surface area contributed by atoms with Crippen molar-refractivity contribution in [2.45, 2.75) is 32.7 Å². The summed E-state index contributed by atoms with van der Waals surface area (Å²) in [5.41, 5.74) is 9.75. The van der Waals surface area contributed by atoms with Crippen molar-refractivity contribution in [3.05, 3.63) is 34.5 Å². The summed E-state index contributed by atoms with van der Waals surface area (Å²) in [5, 5.41) is 1.93. The van der Waals surface area contributed by atoms with E-state index < -0.39 is 0 Å². The van der Waals surface area contributed by atoms with Gasteiger partial charge in [-0.1, -0.05) is 25.4 Å². The quantitative estimate of drug-likeness (QED) is 0.837. The van der Waals surface area contributed by atoms with Crippen LogP contribution >= 0.6 is 11.6 Å². The molecule has 0 saturated carbocycles. The van der Waals surface area contributed by atoms with Crippen LogP contribution < -0.4 is 5.73 Å². The van der Waals surface area contributed by atoms with E-state index in [1.54, 1.807) is 0 Å². The predicted octanol–water partition coefficient (Wildman–Crippen LogP) is 3.79. The van der Waals surface area contributed by atoms with Crippen molar-refractivity contribution < 1.29 is 0 Å². The van der Waals surface area contributed by atoms with Crippen molar-refractivity contribution in [1.82, 2.24) is 4.98 Å². The summed E-state index contributed by atoms with van der Waals surface area (Å²) >= 11 is 6.04. The monoisotopic (exact) mass is 236 g/mol. The average Bonchev–Trinajstić information content (AvgIpc) is 2.65. The van der Waals surface area contributed by atoms with Crippen molar-refractivity contribution >= 4 is 22.5 Å². The molecule has 1 atom stereocenters. The topological polar surface area (TPSA) is 41.8 Å². The van der Waals surface area contributed by atoms with Crippen LogP contribution in [0.4, 0.5) is 0 Å². The Morgan fingerprint density at radius 1 is 1.38 bits per heavy atom. The molecule has 3 N–H and O–H groups in total. The summed E-state index contributed by atoms with van der Waals surface area (Å²) < 4.78 is 0. The van der Waals surface area contributed by atoms with Crippen LogP contribution in [-0.4, -0.2) is 4.98 Å². The third-order valence-corrected chi connectivity index (χ3v) is 3.28. The molecule has 0 spiro atoms. The summed E-state index contributed by atoms with van der Waals surface area (Å²) in [6.07, 6.45) is 1.90.